The topological polar surface area (TPSA) is 81.9 Å². The van der Waals surface area contributed by atoms with Crippen LogP contribution in [0, 0.1) is 0 Å². The van der Waals surface area contributed by atoms with E-state index in [2.05, 4.69) is 27.1 Å². The summed E-state index contributed by atoms with van der Waals surface area (Å²) in [6.45, 7) is 6.28. The van der Waals surface area contributed by atoms with Crippen molar-refractivity contribution in [3.63, 3.8) is 0 Å². The molecule has 1 aromatic carbocycles. The summed E-state index contributed by atoms with van der Waals surface area (Å²) in [7, 11) is 0. The van der Waals surface area contributed by atoms with Crippen LogP contribution in [0.3, 0.4) is 0 Å². The SMILES string of the molecule is C=CCn1c(COc2ccc(Cl)cc2)nnc1SC(C)C(=O)Nc1ccc(Cl)cn1. The van der Waals surface area contributed by atoms with E-state index in [1.165, 1.54) is 18.0 Å². The van der Waals surface area contributed by atoms with E-state index in [0.29, 0.717) is 39.1 Å². The highest BCUT2D eigenvalue weighted by Gasteiger charge is 2.20. The van der Waals surface area contributed by atoms with E-state index in [0.717, 1.165) is 0 Å². The zero-order chi connectivity index (χ0) is 21.5. The van der Waals surface area contributed by atoms with Gasteiger partial charge in [-0.3, -0.25) is 9.36 Å². The number of amides is 1. The van der Waals surface area contributed by atoms with Crippen molar-refractivity contribution in [2.24, 2.45) is 0 Å². The van der Waals surface area contributed by atoms with Crippen LogP contribution in [0.2, 0.25) is 10.0 Å². The molecule has 1 N–H and O–H groups in total. The molecule has 156 valence electrons. The lowest BCUT2D eigenvalue weighted by atomic mass is 10.3. The fourth-order valence-corrected chi connectivity index (χ4v) is 3.51. The Hall–Kier alpha value is -2.55. The molecule has 1 unspecified atom stereocenters. The first-order valence-electron chi connectivity index (χ1n) is 8.96. The number of rotatable bonds is 9. The molecule has 1 atom stereocenters. The monoisotopic (exact) mass is 463 g/mol. The maximum absolute atomic E-state index is 12.5. The number of halogens is 2. The molecule has 0 bridgehead atoms. The third-order valence-corrected chi connectivity index (χ3v) is 5.47. The lowest BCUT2D eigenvalue weighted by Crippen LogP contribution is -2.23. The summed E-state index contributed by atoms with van der Waals surface area (Å²) in [4.78, 5) is 16.6. The van der Waals surface area contributed by atoms with Crippen molar-refractivity contribution in [2.45, 2.75) is 30.5 Å². The highest BCUT2D eigenvalue weighted by atomic mass is 35.5. The van der Waals surface area contributed by atoms with Crippen LogP contribution in [-0.4, -0.2) is 30.9 Å². The van der Waals surface area contributed by atoms with Gasteiger partial charge in [-0.2, -0.15) is 0 Å². The van der Waals surface area contributed by atoms with E-state index in [1.54, 1.807) is 49.4 Å². The fourth-order valence-electron chi connectivity index (χ4n) is 2.39. The number of anilines is 1. The molecule has 7 nitrogen and oxygen atoms in total. The van der Waals surface area contributed by atoms with Crippen molar-refractivity contribution in [1.82, 2.24) is 19.7 Å². The summed E-state index contributed by atoms with van der Waals surface area (Å²) < 4.78 is 7.62. The molecule has 3 aromatic rings. The van der Waals surface area contributed by atoms with Crippen LogP contribution in [0.15, 0.2) is 60.4 Å². The maximum Gasteiger partial charge on any atom is 0.238 e. The van der Waals surface area contributed by atoms with Gasteiger partial charge in [-0.25, -0.2) is 4.98 Å². The molecular weight excluding hydrogens is 445 g/mol. The van der Waals surface area contributed by atoms with Crippen LogP contribution < -0.4 is 10.1 Å². The standard InChI is InChI=1S/C20H19Cl2N5O2S/c1-3-10-27-18(12-29-16-7-4-14(21)5-8-16)25-26-20(27)30-13(2)19(28)24-17-9-6-15(22)11-23-17/h3-9,11,13H,1,10,12H2,2H3,(H,23,24,28). The summed E-state index contributed by atoms with van der Waals surface area (Å²) in [5.41, 5.74) is 0. The molecule has 1 amide bonds. The lowest BCUT2D eigenvalue weighted by Gasteiger charge is -2.13. The average molecular weight is 464 g/mol. The number of nitrogens with zero attached hydrogens (tertiary/aromatic N) is 4. The van der Waals surface area contributed by atoms with Crippen molar-refractivity contribution >= 4 is 46.7 Å². The molecular formula is C20H19Cl2N5O2S. The quantitative estimate of drug-likeness (QED) is 0.360. The first-order chi connectivity index (χ1) is 14.5. The highest BCUT2D eigenvalue weighted by Crippen LogP contribution is 2.24. The molecule has 0 saturated heterocycles. The molecule has 0 aliphatic rings. The van der Waals surface area contributed by atoms with Crippen LogP contribution >= 0.6 is 35.0 Å². The molecule has 0 saturated carbocycles. The van der Waals surface area contributed by atoms with Gasteiger partial charge in [0, 0.05) is 17.8 Å². The van der Waals surface area contributed by atoms with Crippen LogP contribution in [0.1, 0.15) is 12.7 Å². The van der Waals surface area contributed by atoms with E-state index < -0.39 is 5.25 Å². The molecule has 0 radical (unpaired) electrons. The van der Waals surface area contributed by atoms with E-state index in [1.807, 2.05) is 4.57 Å². The highest BCUT2D eigenvalue weighted by molar-refractivity contribution is 8.00. The Bertz CT molecular complexity index is 1010. The van der Waals surface area contributed by atoms with Gasteiger partial charge in [0.05, 0.1) is 10.3 Å². The van der Waals surface area contributed by atoms with Crippen LogP contribution in [0.25, 0.3) is 0 Å². The number of hydrogen-bond donors (Lipinski definition) is 1. The van der Waals surface area contributed by atoms with E-state index in [-0.39, 0.29) is 12.5 Å². The van der Waals surface area contributed by atoms with Crippen LogP contribution in [0.4, 0.5) is 5.82 Å². The predicted molar refractivity (Wildman–Crippen MR) is 119 cm³/mol. The molecule has 0 aliphatic carbocycles. The third-order valence-electron chi connectivity index (χ3n) is 3.92. The number of hydrogen-bond acceptors (Lipinski definition) is 6. The van der Waals surface area contributed by atoms with Crippen molar-refractivity contribution in [2.75, 3.05) is 5.32 Å². The first-order valence-corrected chi connectivity index (χ1v) is 10.6. The van der Waals surface area contributed by atoms with Gasteiger partial charge in [0.2, 0.25) is 5.91 Å². The molecule has 0 aliphatic heterocycles. The maximum atomic E-state index is 12.5. The molecule has 0 spiro atoms. The van der Waals surface area contributed by atoms with Crippen molar-refractivity contribution in [1.29, 1.82) is 0 Å². The Kier molecular flexibility index (Phi) is 7.73. The molecule has 0 fully saturated rings. The summed E-state index contributed by atoms with van der Waals surface area (Å²) in [6.07, 6.45) is 3.21. The van der Waals surface area contributed by atoms with Crippen LogP contribution in [-0.2, 0) is 17.9 Å². The minimum absolute atomic E-state index is 0.207. The summed E-state index contributed by atoms with van der Waals surface area (Å²) in [6, 6.07) is 10.4. The van der Waals surface area contributed by atoms with Gasteiger partial charge in [0.15, 0.2) is 11.0 Å². The molecule has 3 rings (SSSR count). The van der Waals surface area contributed by atoms with Gasteiger partial charge in [-0.05, 0) is 43.3 Å². The van der Waals surface area contributed by atoms with Crippen molar-refractivity contribution in [3.8, 4) is 5.75 Å². The Balaban J connectivity index is 1.65. The predicted octanol–water partition coefficient (Wildman–Crippen LogP) is 4.86. The van der Waals surface area contributed by atoms with Gasteiger partial charge in [-0.15, -0.1) is 16.8 Å². The summed E-state index contributed by atoms with van der Waals surface area (Å²) in [5, 5.41) is 12.5. The zero-order valence-corrected chi connectivity index (χ0v) is 18.4. The van der Waals surface area contributed by atoms with Crippen molar-refractivity contribution < 1.29 is 9.53 Å². The summed E-state index contributed by atoms with van der Waals surface area (Å²) >= 11 is 13.0. The lowest BCUT2D eigenvalue weighted by molar-refractivity contribution is -0.115. The number of allylic oxidation sites excluding steroid dienone is 1. The number of benzene rings is 1. The fraction of sp³-hybridized carbons (Fsp3) is 0.200. The van der Waals surface area contributed by atoms with E-state index >= 15 is 0 Å². The molecule has 10 heteroatoms. The number of ether oxygens (including phenoxy) is 1. The number of aromatic nitrogens is 4. The molecule has 30 heavy (non-hydrogen) atoms. The Morgan fingerprint density at radius 2 is 1.97 bits per heavy atom. The second-order valence-electron chi connectivity index (χ2n) is 6.15. The normalized spacial score (nSPS) is 11.7. The second kappa shape index (κ2) is 10.5. The first kappa shape index (κ1) is 22.1. The third kappa shape index (κ3) is 5.98. The summed E-state index contributed by atoms with van der Waals surface area (Å²) in [5.74, 6) is 1.52. The van der Waals surface area contributed by atoms with E-state index in [9.17, 15) is 4.79 Å². The Labute approximate surface area is 188 Å². The van der Waals surface area contributed by atoms with Crippen LogP contribution in [0.5, 0.6) is 5.75 Å². The van der Waals surface area contributed by atoms with E-state index in [4.69, 9.17) is 27.9 Å². The second-order valence-corrected chi connectivity index (χ2v) is 8.33. The number of carbonyl (C=O) groups is 1. The number of carbonyl (C=O) groups excluding carboxylic acids is 1. The van der Waals surface area contributed by atoms with Crippen molar-refractivity contribution in [3.05, 3.63) is 71.1 Å². The van der Waals surface area contributed by atoms with Gasteiger partial charge in [0.1, 0.15) is 18.2 Å². The van der Waals surface area contributed by atoms with Gasteiger partial charge >= 0.3 is 0 Å². The number of thioether (sulfide) groups is 1. The Morgan fingerprint density at radius 3 is 2.63 bits per heavy atom. The van der Waals surface area contributed by atoms with Gasteiger partial charge in [-0.1, -0.05) is 41.0 Å². The molecule has 2 aromatic heterocycles. The number of pyridine rings is 1. The Morgan fingerprint density at radius 1 is 1.23 bits per heavy atom. The number of nitrogens with one attached hydrogen (secondary N) is 1. The van der Waals surface area contributed by atoms with Gasteiger partial charge < -0.3 is 10.1 Å². The smallest absolute Gasteiger partial charge is 0.238 e. The van der Waals surface area contributed by atoms with Gasteiger partial charge in [0.25, 0.3) is 0 Å². The minimum Gasteiger partial charge on any atom is -0.486 e. The molecule has 2 heterocycles. The zero-order valence-electron chi connectivity index (χ0n) is 16.1. The average Bonchev–Trinajstić information content (AvgIpc) is 3.11. The largest absolute Gasteiger partial charge is 0.486 e. The minimum atomic E-state index is -0.430.